The fourth-order valence-electron chi connectivity index (χ4n) is 4.02. The van der Waals surface area contributed by atoms with Crippen LogP contribution in [-0.2, 0) is 32.7 Å². The fourth-order valence-corrected chi connectivity index (χ4v) is 5.89. The Morgan fingerprint density at radius 1 is 0.848 bits per heavy atom. The second kappa shape index (κ2) is 9.46. The minimum atomic E-state index is -3.74. The molecule has 0 fully saturated rings. The van der Waals surface area contributed by atoms with Gasteiger partial charge in [0, 0.05) is 35.7 Å². The number of halogens is 1. The van der Waals surface area contributed by atoms with E-state index in [9.17, 15) is 16.8 Å². The van der Waals surface area contributed by atoms with E-state index in [1.54, 1.807) is 0 Å². The van der Waals surface area contributed by atoms with Gasteiger partial charge in [0.2, 0.25) is 10.0 Å². The van der Waals surface area contributed by atoms with Crippen LogP contribution in [0.4, 0.5) is 11.4 Å². The summed E-state index contributed by atoms with van der Waals surface area (Å²) in [5.41, 5.74) is 4.61. The van der Waals surface area contributed by atoms with Crippen molar-refractivity contribution in [3.05, 3.63) is 82.9 Å². The highest BCUT2D eigenvalue weighted by Crippen LogP contribution is 2.37. The lowest BCUT2D eigenvalue weighted by atomic mass is 10.0. The highest BCUT2D eigenvalue weighted by molar-refractivity contribution is 7.90. The molecule has 0 saturated carbocycles. The molecule has 6 nitrogen and oxygen atoms in total. The second-order valence-electron chi connectivity index (χ2n) is 8.05. The average molecular weight is 505 g/mol. The maximum atomic E-state index is 12.6. The smallest absolute Gasteiger partial charge is 0.240 e. The first-order valence-corrected chi connectivity index (χ1v) is 14.3. The number of nitrogens with one attached hydrogen (secondary N) is 1. The molecule has 1 aliphatic rings. The van der Waals surface area contributed by atoms with Gasteiger partial charge >= 0.3 is 0 Å². The zero-order valence-electron chi connectivity index (χ0n) is 18.2. The highest BCUT2D eigenvalue weighted by Gasteiger charge is 2.21. The average Bonchev–Trinajstić information content (AvgIpc) is 2.93. The zero-order valence-corrected chi connectivity index (χ0v) is 20.5. The van der Waals surface area contributed by atoms with Gasteiger partial charge in [0.05, 0.1) is 9.79 Å². The molecule has 0 aromatic heterocycles. The molecule has 0 saturated heterocycles. The molecule has 0 aliphatic carbocycles. The van der Waals surface area contributed by atoms with Crippen molar-refractivity contribution < 1.29 is 16.8 Å². The van der Waals surface area contributed by atoms with Crippen LogP contribution in [0.5, 0.6) is 0 Å². The number of aryl methyl sites for hydroxylation is 2. The lowest BCUT2D eigenvalue weighted by Gasteiger charge is -2.27. The van der Waals surface area contributed by atoms with Crippen LogP contribution in [-0.4, -0.2) is 36.2 Å². The van der Waals surface area contributed by atoms with Gasteiger partial charge in [-0.3, -0.25) is 0 Å². The molecule has 0 atom stereocenters. The van der Waals surface area contributed by atoms with Gasteiger partial charge in [-0.1, -0.05) is 35.9 Å². The number of sulfonamides is 1. The molecular weight excluding hydrogens is 480 g/mol. The largest absolute Gasteiger partial charge is 0.341 e. The Kier molecular flexibility index (Phi) is 6.81. The standard InChI is InChI=1S/C24H25ClN2O4S2/c1-32(28,29)21-11-13-22(14-12-21)33(30,31)26-15-4-16-27-23-6-3-2-5-18(23)7-8-19-9-10-20(25)17-24(19)27/h2-3,5-6,9-14,17,26H,4,7-8,15-16H2,1H3. The van der Waals surface area contributed by atoms with Gasteiger partial charge in [-0.2, -0.15) is 0 Å². The van der Waals surface area contributed by atoms with Gasteiger partial charge in [-0.15, -0.1) is 0 Å². The number of rotatable bonds is 7. The molecule has 174 valence electrons. The van der Waals surface area contributed by atoms with Crippen molar-refractivity contribution in [3.63, 3.8) is 0 Å². The predicted molar refractivity (Wildman–Crippen MR) is 132 cm³/mol. The number of anilines is 2. The summed E-state index contributed by atoms with van der Waals surface area (Å²) in [4.78, 5) is 2.32. The van der Waals surface area contributed by atoms with Crippen LogP contribution in [0.25, 0.3) is 0 Å². The Balaban J connectivity index is 1.48. The summed E-state index contributed by atoms with van der Waals surface area (Å²) in [6.45, 7) is 0.852. The molecule has 0 bridgehead atoms. The maximum Gasteiger partial charge on any atom is 0.240 e. The number of hydrogen-bond acceptors (Lipinski definition) is 5. The van der Waals surface area contributed by atoms with Gasteiger partial charge in [-0.25, -0.2) is 21.6 Å². The lowest BCUT2D eigenvalue weighted by Crippen LogP contribution is -2.28. The monoisotopic (exact) mass is 504 g/mol. The van der Waals surface area contributed by atoms with Crippen molar-refractivity contribution in [2.45, 2.75) is 29.1 Å². The van der Waals surface area contributed by atoms with Gasteiger partial charge in [0.15, 0.2) is 9.84 Å². The summed E-state index contributed by atoms with van der Waals surface area (Å²) < 4.78 is 51.1. The van der Waals surface area contributed by atoms with E-state index in [-0.39, 0.29) is 16.3 Å². The summed E-state index contributed by atoms with van der Waals surface area (Å²) in [6, 6.07) is 19.4. The summed E-state index contributed by atoms with van der Waals surface area (Å²) in [7, 11) is -7.13. The van der Waals surface area contributed by atoms with Crippen molar-refractivity contribution >= 4 is 42.8 Å². The third kappa shape index (κ3) is 5.41. The molecule has 4 rings (SSSR count). The van der Waals surface area contributed by atoms with Crippen molar-refractivity contribution in [1.82, 2.24) is 4.72 Å². The number of nitrogens with zero attached hydrogens (tertiary/aromatic N) is 1. The number of fused-ring (bicyclic) bond motifs is 2. The first-order valence-electron chi connectivity index (χ1n) is 10.6. The molecule has 3 aromatic carbocycles. The molecule has 1 heterocycles. The van der Waals surface area contributed by atoms with E-state index in [2.05, 4.69) is 27.8 Å². The molecule has 3 aromatic rings. The summed E-state index contributed by atoms with van der Waals surface area (Å²) in [6.07, 6.45) is 3.50. The Hall–Kier alpha value is -2.39. The number of sulfone groups is 1. The highest BCUT2D eigenvalue weighted by atomic mass is 35.5. The molecule has 0 radical (unpaired) electrons. The normalized spacial score (nSPS) is 13.8. The predicted octanol–water partition coefficient (Wildman–Crippen LogP) is 4.35. The summed E-state index contributed by atoms with van der Waals surface area (Å²) >= 11 is 6.29. The quantitative estimate of drug-likeness (QED) is 0.484. The second-order valence-corrected chi connectivity index (χ2v) is 12.3. The minimum Gasteiger partial charge on any atom is -0.341 e. The lowest BCUT2D eigenvalue weighted by molar-refractivity contribution is 0.578. The van der Waals surface area contributed by atoms with Crippen molar-refractivity contribution in [1.29, 1.82) is 0 Å². The molecule has 0 amide bonds. The van der Waals surface area contributed by atoms with Crippen LogP contribution in [0.3, 0.4) is 0 Å². The van der Waals surface area contributed by atoms with E-state index in [1.165, 1.54) is 35.4 Å². The van der Waals surface area contributed by atoms with Gasteiger partial charge in [-0.05, 0) is 72.9 Å². The van der Waals surface area contributed by atoms with E-state index >= 15 is 0 Å². The molecule has 33 heavy (non-hydrogen) atoms. The van der Waals surface area contributed by atoms with Crippen LogP contribution in [0, 0.1) is 0 Å². The zero-order chi connectivity index (χ0) is 23.6. The minimum absolute atomic E-state index is 0.0344. The van der Waals surface area contributed by atoms with Gasteiger partial charge < -0.3 is 4.90 Å². The van der Waals surface area contributed by atoms with Gasteiger partial charge in [0.25, 0.3) is 0 Å². The molecule has 0 unspecified atom stereocenters. The maximum absolute atomic E-state index is 12.6. The molecule has 1 aliphatic heterocycles. The topological polar surface area (TPSA) is 83.5 Å². The van der Waals surface area contributed by atoms with E-state index < -0.39 is 19.9 Å². The third-order valence-corrected chi connectivity index (χ3v) is 8.54. The Morgan fingerprint density at radius 3 is 2.18 bits per heavy atom. The van der Waals surface area contributed by atoms with Crippen LogP contribution in [0.2, 0.25) is 5.02 Å². The van der Waals surface area contributed by atoms with Crippen molar-refractivity contribution in [2.24, 2.45) is 0 Å². The van der Waals surface area contributed by atoms with Crippen molar-refractivity contribution in [3.8, 4) is 0 Å². The van der Waals surface area contributed by atoms with E-state index in [4.69, 9.17) is 11.6 Å². The fraction of sp³-hybridized carbons (Fsp3) is 0.250. The number of hydrogen-bond donors (Lipinski definition) is 1. The van der Waals surface area contributed by atoms with Gasteiger partial charge in [0.1, 0.15) is 0 Å². The van der Waals surface area contributed by atoms with Crippen LogP contribution >= 0.6 is 11.6 Å². The SMILES string of the molecule is CS(=O)(=O)c1ccc(S(=O)(=O)NCCCN2c3ccccc3CCc3ccc(Cl)cc32)cc1. The molecule has 1 N–H and O–H groups in total. The third-order valence-electron chi connectivity index (χ3n) is 5.70. The van der Waals surface area contributed by atoms with E-state index in [0.29, 0.717) is 18.0 Å². The first-order chi connectivity index (χ1) is 15.6. The van der Waals surface area contributed by atoms with Crippen LogP contribution < -0.4 is 9.62 Å². The Labute approximate surface area is 200 Å². The number of benzene rings is 3. The van der Waals surface area contributed by atoms with Crippen LogP contribution in [0.1, 0.15) is 17.5 Å². The van der Waals surface area contributed by atoms with E-state index in [0.717, 1.165) is 30.5 Å². The Morgan fingerprint density at radius 2 is 1.48 bits per heavy atom. The van der Waals surface area contributed by atoms with E-state index in [1.807, 2.05) is 24.3 Å². The van der Waals surface area contributed by atoms with Crippen molar-refractivity contribution in [2.75, 3.05) is 24.2 Å². The number of para-hydroxylation sites is 1. The summed E-state index contributed by atoms with van der Waals surface area (Å²) in [5, 5.41) is 0.663. The molecule has 0 spiro atoms. The molecule has 9 heteroatoms. The Bertz CT molecular complexity index is 1370. The van der Waals surface area contributed by atoms with Crippen LogP contribution in [0.15, 0.2) is 76.5 Å². The summed E-state index contributed by atoms with van der Waals surface area (Å²) in [5.74, 6) is 0. The molecular formula is C24H25ClN2O4S2. The first kappa shape index (κ1) is 23.8.